The molecule has 0 aromatic heterocycles. The Bertz CT molecular complexity index is 678. The van der Waals surface area contributed by atoms with Crippen molar-refractivity contribution in [2.24, 2.45) is 11.8 Å². The molecular weight excluding hydrogens is 346 g/mol. The zero-order chi connectivity index (χ0) is 20.6. The number of carbonyl (C=O) groups is 4. The molecule has 6 heteroatoms. The van der Waals surface area contributed by atoms with E-state index in [4.69, 9.17) is 4.74 Å². The molecule has 6 nitrogen and oxygen atoms in total. The van der Waals surface area contributed by atoms with E-state index in [1.807, 2.05) is 24.3 Å². The smallest absolute Gasteiger partial charge is 0.308 e. The van der Waals surface area contributed by atoms with E-state index in [0.717, 1.165) is 11.1 Å². The van der Waals surface area contributed by atoms with Gasteiger partial charge in [0, 0.05) is 18.8 Å². The molecule has 1 aromatic carbocycles. The highest BCUT2D eigenvalue weighted by Gasteiger charge is 2.20. The molecule has 27 heavy (non-hydrogen) atoms. The fourth-order valence-corrected chi connectivity index (χ4v) is 2.39. The molecule has 1 amide bonds. The van der Waals surface area contributed by atoms with Crippen LogP contribution >= 0.6 is 0 Å². The number of ketones is 2. The standard InChI is InChI=1S/C21H29NO5/c1-13(2)21(26)27-12-18-8-6-17(7-9-18)11-19(24)16(5)22-20(25)14(3)10-15(4)23/h6-9,13-14,16H,10-12H2,1-5H3,(H,22,25). The van der Waals surface area contributed by atoms with Crippen LogP contribution in [0.5, 0.6) is 0 Å². The summed E-state index contributed by atoms with van der Waals surface area (Å²) in [5, 5.41) is 2.66. The van der Waals surface area contributed by atoms with Crippen molar-refractivity contribution in [2.45, 2.75) is 60.1 Å². The summed E-state index contributed by atoms with van der Waals surface area (Å²) in [5.74, 6) is -1.35. The van der Waals surface area contributed by atoms with Gasteiger partial charge < -0.3 is 14.8 Å². The highest BCUT2D eigenvalue weighted by atomic mass is 16.5. The molecule has 0 aliphatic heterocycles. The van der Waals surface area contributed by atoms with Crippen molar-refractivity contribution in [1.29, 1.82) is 0 Å². The summed E-state index contributed by atoms with van der Waals surface area (Å²) in [5.41, 5.74) is 1.66. The first kappa shape index (κ1) is 22.5. The van der Waals surface area contributed by atoms with Crippen molar-refractivity contribution in [3.63, 3.8) is 0 Å². The van der Waals surface area contributed by atoms with Gasteiger partial charge in [0.15, 0.2) is 5.78 Å². The number of hydrogen-bond acceptors (Lipinski definition) is 5. The summed E-state index contributed by atoms with van der Waals surface area (Å²) >= 11 is 0. The highest BCUT2D eigenvalue weighted by Crippen LogP contribution is 2.10. The summed E-state index contributed by atoms with van der Waals surface area (Å²) in [6, 6.07) is 6.62. The fraction of sp³-hybridized carbons (Fsp3) is 0.524. The number of ether oxygens (including phenoxy) is 1. The van der Waals surface area contributed by atoms with Gasteiger partial charge in [-0.2, -0.15) is 0 Å². The van der Waals surface area contributed by atoms with Gasteiger partial charge in [0.2, 0.25) is 5.91 Å². The molecule has 0 saturated carbocycles. The van der Waals surface area contributed by atoms with Crippen LogP contribution < -0.4 is 5.32 Å². The third kappa shape index (κ3) is 8.15. The summed E-state index contributed by atoms with van der Waals surface area (Å²) < 4.78 is 5.16. The number of nitrogens with one attached hydrogen (secondary N) is 1. The maximum Gasteiger partial charge on any atom is 0.308 e. The molecule has 0 aliphatic carbocycles. The number of esters is 1. The Morgan fingerprint density at radius 1 is 0.963 bits per heavy atom. The number of amides is 1. The lowest BCUT2D eigenvalue weighted by atomic mass is 10.0. The molecule has 0 aliphatic rings. The number of rotatable bonds is 10. The molecule has 2 unspecified atom stereocenters. The number of hydrogen-bond donors (Lipinski definition) is 1. The van der Waals surface area contributed by atoms with E-state index in [1.165, 1.54) is 6.92 Å². The normalized spacial score (nSPS) is 13.0. The van der Waals surface area contributed by atoms with Gasteiger partial charge in [-0.15, -0.1) is 0 Å². The van der Waals surface area contributed by atoms with Gasteiger partial charge in [-0.1, -0.05) is 45.0 Å². The fourth-order valence-electron chi connectivity index (χ4n) is 2.39. The quantitative estimate of drug-likeness (QED) is 0.635. The summed E-state index contributed by atoms with van der Waals surface area (Å²) in [4.78, 5) is 46.9. The van der Waals surface area contributed by atoms with Gasteiger partial charge >= 0.3 is 5.97 Å². The minimum absolute atomic E-state index is 0.0595. The molecule has 0 bridgehead atoms. The first-order valence-corrected chi connectivity index (χ1v) is 9.17. The number of carbonyl (C=O) groups excluding carboxylic acids is 4. The second-order valence-electron chi connectivity index (χ2n) is 7.26. The Kier molecular flexibility index (Phi) is 8.85. The van der Waals surface area contributed by atoms with Crippen LogP contribution in [0.1, 0.15) is 52.2 Å². The third-order valence-electron chi connectivity index (χ3n) is 4.14. The van der Waals surface area contributed by atoms with Gasteiger partial charge in [-0.3, -0.25) is 14.4 Å². The molecule has 0 spiro atoms. The SMILES string of the molecule is CC(=O)CC(C)C(=O)NC(C)C(=O)Cc1ccc(COC(=O)C(C)C)cc1. The van der Waals surface area contributed by atoms with Crippen LogP contribution in [-0.4, -0.2) is 29.5 Å². The van der Waals surface area contributed by atoms with Crippen LogP contribution in [0.3, 0.4) is 0 Å². The van der Waals surface area contributed by atoms with Crippen LogP contribution in [0.25, 0.3) is 0 Å². The molecule has 2 atom stereocenters. The minimum atomic E-state index is -0.626. The van der Waals surface area contributed by atoms with E-state index in [-0.39, 0.29) is 48.8 Å². The summed E-state index contributed by atoms with van der Waals surface area (Å²) in [7, 11) is 0. The Balaban J connectivity index is 2.52. The Morgan fingerprint density at radius 2 is 1.52 bits per heavy atom. The van der Waals surface area contributed by atoms with Gasteiger partial charge in [0.05, 0.1) is 12.0 Å². The molecule has 0 fully saturated rings. The van der Waals surface area contributed by atoms with E-state index in [1.54, 1.807) is 27.7 Å². The van der Waals surface area contributed by atoms with Gasteiger partial charge in [0.1, 0.15) is 12.4 Å². The monoisotopic (exact) mass is 375 g/mol. The van der Waals surface area contributed by atoms with E-state index in [0.29, 0.717) is 0 Å². The predicted molar refractivity (Wildman–Crippen MR) is 102 cm³/mol. The second-order valence-corrected chi connectivity index (χ2v) is 7.26. The maximum absolute atomic E-state index is 12.3. The van der Waals surface area contributed by atoms with Crippen molar-refractivity contribution < 1.29 is 23.9 Å². The predicted octanol–water partition coefficient (Wildman–Crippen LogP) is 2.62. The average Bonchev–Trinajstić information content (AvgIpc) is 2.59. The van der Waals surface area contributed by atoms with Crippen LogP contribution in [0.4, 0.5) is 0 Å². The molecule has 1 rings (SSSR count). The third-order valence-corrected chi connectivity index (χ3v) is 4.14. The van der Waals surface area contributed by atoms with E-state index in [2.05, 4.69) is 5.32 Å². The topological polar surface area (TPSA) is 89.5 Å². The lowest BCUT2D eigenvalue weighted by molar-refractivity contribution is -0.148. The first-order valence-electron chi connectivity index (χ1n) is 9.17. The molecule has 0 radical (unpaired) electrons. The number of Topliss-reactive ketones (excluding diaryl/α,β-unsaturated/α-hetero) is 2. The van der Waals surface area contributed by atoms with E-state index >= 15 is 0 Å². The van der Waals surface area contributed by atoms with Gasteiger partial charge in [0.25, 0.3) is 0 Å². The van der Waals surface area contributed by atoms with E-state index < -0.39 is 12.0 Å². The molecular formula is C21H29NO5. The molecule has 0 saturated heterocycles. The molecule has 148 valence electrons. The summed E-state index contributed by atoms with van der Waals surface area (Å²) in [6.45, 7) is 8.49. The lowest BCUT2D eigenvalue weighted by Crippen LogP contribution is -2.42. The van der Waals surface area contributed by atoms with Crippen LogP contribution in [0.2, 0.25) is 0 Å². The first-order chi connectivity index (χ1) is 12.6. The van der Waals surface area contributed by atoms with Crippen LogP contribution in [0.15, 0.2) is 24.3 Å². The second kappa shape index (κ2) is 10.6. The molecule has 1 aromatic rings. The highest BCUT2D eigenvalue weighted by molar-refractivity contribution is 5.92. The van der Waals surface area contributed by atoms with Crippen molar-refractivity contribution in [1.82, 2.24) is 5.32 Å². The van der Waals surface area contributed by atoms with E-state index in [9.17, 15) is 19.2 Å². The Morgan fingerprint density at radius 3 is 2.04 bits per heavy atom. The Labute approximate surface area is 160 Å². The van der Waals surface area contributed by atoms with Crippen molar-refractivity contribution in [3.8, 4) is 0 Å². The molecule has 0 heterocycles. The van der Waals surface area contributed by atoms with Crippen molar-refractivity contribution in [2.75, 3.05) is 0 Å². The lowest BCUT2D eigenvalue weighted by Gasteiger charge is -2.16. The number of benzene rings is 1. The zero-order valence-electron chi connectivity index (χ0n) is 16.7. The van der Waals surface area contributed by atoms with Crippen molar-refractivity contribution >= 4 is 23.4 Å². The van der Waals surface area contributed by atoms with Crippen LogP contribution in [-0.2, 0) is 36.9 Å². The van der Waals surface area contributed by atoms with Gasteiger partial charge in [-0.25, -0.2) is 0 Å². The summed E-state index contributed by atoms with van der Waals surface area (Å²) in [6.07, 6.45) is 0.351. The van der Waals surface area contributed by atoms with Gasteiger partial charge in [-0.05, 0) is 25.0 Å². The minimum Gasteiger partial charge on any atom is -0.461 e. The molecule has 1 N–H and O–H groups in total. The van der Waals surface area contributed by atoms with Crippen molar-refractivity contribution in [3.05, 3.63) is 35.4 Å². The average molecular weight is 375 g/mol. The largest absolute Gasteiger partial charge is 0.461 e. The zero-order valence-corrected chi connectivity index (χ0v) is 16.7. The van der Waals surface area contributed by atoms with Crippen LogP contribution in [0, 0.1) is 11.8 Å². The Hall–Kier alpha value is -2.50. The maximum atomic E-state index is 12.3.